The van der Waals surface area contributed by atoms with Gasteiger partial charge in [0.05, 0.1) is 12.7 Å². The molecule has 0 aliphatic rings. The van der Waals surface area contributed by atoms with E-state index < -0.39 is 0 Å². The maximum Gasteiger partial charge on any atom is 0.337 e. The molecule has 0 aromatic heterocycles. The highest BCUT2D eigenvalue weighted by Gasteiger charge is 2.07. The van der Waals surface area contributed by atoms with E-state index in [1.165, 1.54) is 18.2 Å². The van der Waals surface area contributed by atoms with Crippen LogP contribution in [0.3, 0.4) is 0 Å². The van der Waals surface area contributed by atoms with Crippen LogP contribution in [0.15, 0.2) is 77.3 Å². The van der Waals surface area contributed by atoms with Gasteiger partial charge in [-0.3, -0.25) is 0 Å². The fourth-order valence-electron chi connectivity index (χ4n) is 3.03. The number of esters is 1. The molecule has 0 heterocycles. The van der Waals surface area contributed by atoms with E-state index in [1.807, 2.05) is 54.6 Å². The third-order valence-electron chi connectivity index (χ3n) is 4.55. The molecule has 0 N–H and O–H groups in total. The summed E-state index contributed by atoms with van der Waals surface area (Å²) < 4.78 is 11.9. The van der Waals surface area contributed by atoms with E-state index in [0.717, 1.165) is 35.0 Å². The van der Waals surface area contributed by atoms with Crippen molar-refractivity contribution in [2.24, 2.45) is 0 Å². The van der Waals surface area contributed by atoms with Crippen LogP contribution in [0.1, 0.15) is 33.5 Å². The maximum absolute atomic E-state index is 11.5. The van der Waals surface area contributed by atoms with Gasteiger partial charge in [-0.2, -0.15) is 0 Å². The van der Waals surface area contributed by atoms with Crippen LogP contribution in [0.25, 0.3) is 0 Å². The van der Waals surface area contributed by atoms with E-state index in [2.05, 4.69) is 34.1 Å². The van der Waals surface area contributed by atoms with Gasteiger partial charge in [0.15, 0.2) is 0 Å². The van der Waals surface area contributed by atoms with Crippen LogP contribution in [0.5, 0.6) is 5.75 Å². The van der Waals surface area contributed by atoms with Crippen LogP contribution in [0.2, 0.25) is 0 Å². The average molecular weight is 439 g/mol. The standard InChI is InChI=1S/C24H23BrO3/c1-27-24(26)20-12-10-18(11-13-20)8-5-9-21-16-22(25)14-15-23(21)28-17-19-6-3-2-4-7-19/h2-4,6-7,10-16H,5,8-9,17H2,1H3. The van der Waals surface area contributed by atoms with E-state index in [-0.39, 0.29) is 5.97 Å². The summed E-state index contributed by atoms with van der Waals surface area (Å²) in [5.74, 6) is 0.619. The third-order valence-corrected chi connectivity index (χ3v) is 5.04. The monoisotopic (exact) mass is 438 g/mol. The van der Waals surface area contributed by atoms with Crippen molar-refractivity contribution in [3.05, 3.63) is 99.5 Å². The number of halogens is 1. The number of carbonyl (C=O) groups is 1. The maximum atomic E-state index is 11.5. The summed E-state index contributed by atoms with van der Waals surface area (Å²) in [5, 5.41) is 0. The number of methoxy groups -OCH3 is 1. The van der Waals surface area contributed by atoms with Gasteiger partial charge in [-0.05, 0) is 66.3 Å². The minimum atomic E-state index is -0.305. The Hall–Kier alpha value is -2.59. The van der Waals surface area contributed by atoms with Crippen LogP contribution in [-0.4, -0.2) is 13.1 Å². The van der Waals surface area contributed by atoms with Crippen LogP contribution in [0, 0.1) is 0 Å². The van der Waals surface area contributed by atoms with Gasteiger partial charge in [0.25, 0.3) is 0 Å². The van der Waals surface area contributed by atoms with Gasteiger partial charge in [0, 0.05) is 4.47 Å². The topological polar surface area (TPSA) is 35.5 Å². The lowest BCUT2D eigenvalue weighted by molar-refractivity contribution is 0.0600. The van der Waals surface area contributed by atoms with Crippen molar-refractivity contribution in [1.29, 1.82) is 0 Å². The average Bonchev–Trinajstić information content (AvgIpc) is 2.74. The Morgan fingerprint density at radius 3 is 2.36 bits per heavy atom. The molecule has 144 valence electrons. The molecular formula is C24H23BrO3. The summed E-state index contributed by atoms with van der Waals surface area (Å²) in [4.78, 5) is 11.5. The first-order valence-electron chi connectivity index (χ1n) is 9.28. The first-order valence-corrected chi connectivity index (χ1v) is 10.1. The molecule has 3 rings (SSSR count). The number of aryl methyl sites for hydroxylation is 2. The largest absolute Gasteiger partial charge is 0.489 e. The third kappa shape index (κ3) is 5.70. The molecule has 3 aromatic rings. The molecule has 0 bridgehead atoms. The summed E-state index contributed by atoms with van der Waals surface area (Å²) >= 11 is 3.56. The van der Waals surface area contributed by atoms with Gasteiger partial charge < -0.3 is 9.47 Å². The van der Waals surface area contributed by atoms with Gasteiger partial charge in [0.1, 0.15) is 12.4 Å². The van der Waals surface area contributed by atoms with Gasteiger partial charge in [-0.1, -0.05) is 58.4 Å². The number of carbonyl (C=O) groups excluding carboxylic acids is 1. The molecule has 3 nitrogen and oxygen atoms in total. The molecule has 0 fully saturated rings. The second kappa shape index (κ2) is 10.1. The summed E-state index contributed by atoms with van der Waals surface area (Å²) in [5.41, 5.74) is 4.13. The van der Waals surface area contributed by atoms with Crippen molar-refractivity contribution in [1.82, 2.24) is 0 Å². The Bertz CT molecular complexity index is 905. The highest BCUT2D eigenvalue weighted by molar-refractivity contribution is 9.10. The van der Waals surface area contributed by atoms with Crippen LogP contribution >= 0.6 is 15.9 Å². The molecule has 0 aliphatic heterocycles. The van der Waals surface area contributed by atoms with Gasteiger partial charge in [0.2, 0.25) is 0 Å². The summed E-state index contributed by atoms with van der Waals surface area (Å²) in [6.07, 6.45) is 2.85. The first-order chi connectivity index (χ1) is 13.7. The second-order valence-corrected chi connectivity index (χ2v) is 7.48. The number of rotatable bonds is 8. The zero-order valence-corrected chi connectivity index (χ0v) is 17.4. The predicted octanol–water partition coefficient (Wildman–Crippen LogP) is 5.99. The van der Waals surface area contributed by atoms with Gasteiger partial charge >= 0.3 is 5.97 Å². The lowest BCUT2D eigenvalue weighted by atomic mass is 10.0. The summed E-state index contributed by atoms with van der Waals surface area (Å²) in [6, 6.07) is 23.9. The van der Waals surface area contributed by atoms with Crippen molar-refractivity contribution in [2.75, 3.05) is 7.11 Å². The number of hydrogen-bond acceptors (Lipinski definition) is 3. The Labute approximate surface area is 174 Å². The molecule has 4 heteroatoms. The summed E-state index contributed by atoms with van der Waals surface area (Å²) in [7, 11) is 1.39. The Balaban J connectivity index is 1.59. The molecule has 0 unspecified atom stereocenters. The fraction of sp³-hybridized carbons (Fsp3) is 0.208. The molecule has 0 amide bonds. The highest BCUT2D eigenvalue weighted by Crippen LogP contribution is 2.26. The number of ether oxygens (including phenoxy) is 2. The summed E-state index contributed by atoms with van der Waals surface area (Å²) in [6.45, 7) is 0.560. The second-order valence-electron chi connectivity index (χ2n) is 6.57. The van der Waals surface area contributed by atoms with Crippen molar-refractivity contribution < 1.29 is 14.3 Å². The van der Waals surface area contributed by atoms with Crippen molar-refractivity contribution in [3.63, 3.8) is 0 Å². The Morgan fingerprint density at radius 1 is 0.893 bits per heavy atom. The quantitative estimate of drug-likeness (QED) is 0.405. The smallest absolute Gasteiger partial charge is 0.337 e. The molecule has 0 aliphatic carbocycles. The van der Waals surface area contributed by atoms with Gasteiger partial charge in [-0.25, -0.2) is 4.79 Å². The lowest BCUT2D eigenvalue weighted by Gasteiger charge is -2.12. The van der Waals surface area contributed by atoms with Crippen molar-refractivity contribution >= 4 is 21.9 Å². The van der Waals surface area contributed by atoms with Crippen LogP contribution in [-0.2, 0) is 24.2 Å². The predicted molar refractivity (Wildman–Crippen MR) is 115 cm³/mol. The van der Waals surface area contributed by atoms with Gasteiger partial charge in [-0.15, -0.1) is 0 Å². The van der Waals surface area contributed by atoms with Crippen LogP contribution in [0.4, 0.5) is 0 Å². The molecule has 28 heavy (non-hydrogen) atoms. The van der Waals surface area contributed by atoms with Crippen LogP contribution < -0.4 is 4.74 Å². The molecule has 0 atom stereocenters. The van der Waals surface area contributed by atoms with E-state index in [0.29, 0.717) is 12.2 Å². The minimum Gasteiger partial charge on any atom is -0.489 e. The lowest BCUT2D eigenvalue weighted by Crippen LogP contribution is -2.01. The van der Waals surface area contributed by atoms with Crippen molar-refractivity contribution in [2.45, 2.75) is 25.9 Å². The molecule has 0 spiro atoms. The zero-order chi connectivity index (χ0) is 19.8. The van der Waals surface area contributed by atoms with E-state index in [4.69, 9.17) is 9.47 Å². The normalized spacial score (nSPS) is 10.5. The number of benzene rings is 3. The Morgan fingerprint density at radius 2 is 1.64 bits per heavy atom. The first kappa shape index (κ1) is 20.2. The van der Waals surface area contributed by atoms with E-state index in [1.54, 1.807) is 0 Å². The minimum absolute atomic E-state index is 0.305. The molecule has 0 radical (unpaired) electrons. The molecule has 3 aromatic carbocycles. The highest BCUT2D eigenvalue weighted by atomic mass is 79.9. The van der Waals surface area contributed by atoms with E-state index >= 15 is 0 Å². The SMILES string of the molecule is COC(=O)c1ccc(CCCc2cc(Br)ccc2OCc2ccccc2)cc1. The van der Waals surface area contributed by atoms with Crippen molar-refractivity contribution in [3.8, 4) is 5.75 Å². The fourth-order valence-corrected chi connectivity index (χ4v) is 3.44. The molecule has 0 saturated carbocycles. The zero-order valence-electron chi connectivity index (χ0n) is 15.9. The molecule has 0 saturated heterocycles. The molecular weight excluding hydrogens is 416 g/mol. The van der Waals surface area contributed by atoms with E-state index in [9.17, 15) is 4.79 Å². The number of hydrogen-bond donors (Lipinski definition) is 0. The Kier molecular flexibility index (Phi) is 7.26.